The Kier molecular flexibility index (Phi) is 2.83. The number of H-pyrrole nitrogens is 1. The molecule has 0 aliphatic rings. The quantitative estimate of drug-likeness (QED) is 0.593. The van der Waals surface area contributed by atoms with Gasteiger partial charge >= 0.3 is 0 Å². The summed E-state index contributed by atoms with van der Waals surface area (Å²) in [7, 11) is 1.68. The van der Waals surface area contributed by atoms with Crippen LogP contribution in [-0.4, -0.2) is 12.1 Å². The first-order valence-electron chi connectivity index (χ1n) is 6.43. The van der Waals surface area contributed by atoms with Gasteiger partial charge < -0.3 is 9.72 Å². The minimum atomic E-state index is -0.0326. The number of methoxy groups -OCH3 is 1. The van der Waals surface area contributed by atoms with Gasteiger partial charge in [-0.2, -0.15) is 0 Å². The van der Waals surface area contributed by atoms with Gasteiger partial charge in [0.05, 0.1) is 7.11 Å². The molecule has 0 amide bonds. The van der Waals surface area contributed by atoms with Gasteiger partial charge in [0.25, 0.3) is 5.56 Å². The molecule has 0 aliphatic heterocycles. The van der Waals surface area contributed by atoms with Crippen LogP contribution in [0, 0.1) is 0 Å². The van der Waals surface area contributed by atoms with E-state index in [2.05, 4.69) is 11.1 Å². The first-order valence-corrected chi connectivity index (χ1v) is 8.19. The van der Waals surface area contributed by atoms with Crippen molar-refractivity contribution in [1.82, 2.24) is 4.98 Å². The zero-order chi connectivity index (χ0) is 14.4. The first kappa shape index (κ1) is 12.6. The molecule has 1 aromatic carbocycles. The van der Waals surface area contributed by atoms with E-state index in [0.29, 0.717) is 0 Å². The van der Waals surface area contributed by atoms with E-state index in [4.69, 9.17) is 4.74 Å². The van der Waals surface area contributed by atoms with E-state index >= 15 is 0 Å². The molecule has 5 heteroatoms. The molecule has 0 spiro atoms. The van der Waals surface area contributed by atoms with Gasteiger partial charge in [0, 0.05) is 26.7 Å². The van der Waals surface area contributed by atoms with Crippen molar-refractivity contribution in [3.63, 3.8) is 0 Å². The van der Waals surface area contributed by atoms with Gasteiger partial charge in [0.15, 0.2) is 0 Å². The maximum absolute atomic E-state index is 12.1. The number of ether oxygens (including phenoxy) is 1. The third kappa shape index (κ3) is 1.81. The molecule has 0 aliphatic carbocycles. The molecule has 0 fully saturated rings. The minimum absolute atomic E-state index is 0.0326. The Hall–Kier alpha value is -2.11. The lowest BCUT2D eigenvalue weighted by atomic mass is 10.0. The Morgan fingerprint density at radius 3 is 2.76 bits per heavy atom. The summed E-state index contributed by atoms with van der Waals surface area (Å²) in [5.74, 6) is 0.824. The predicted molar refractivity (Wildman–Crippen MR) is 89.8 cm³/mol. The van der Waals surface area contributed by atoms with Crippen LogP contribution in [0.2, 0.25) is 0 Å². The van der Waals surface area contributed by atoms with Crippen LogP contribution in [0.15, 0.2) is 45.9 Å². The van der Waals surface area contributed by atoms with Crippen molar-refractivity contribution in [2.45, 2.75) is 0 Å². The predicted octanol–water partition coefficient (Wildman–Crippen LogP) is 4.48. The van der Waals surface area contributed by atoms with Crippen molar-refractivity contribution in [2.24, 2.45) is 0 Å². The number of benzene rings is 1. The summed E-state index contributed by atoms with van der Waals surface area (Å²) in [6.07, 6.45) is 0. The Labute approximate surface area is 128 Å². The number of fused-ring (bicyclic) bond motifs is 3. The van der Waals surface area contributed by atoms with Crippen molar-refractivity contribution >= 4 is 43.7 Å². The van der Waals surface area contributed by atoms with E-state index in [1.54, 1.807) is 18.4 Å². The van der Waals surface area contributed by atoms with Crippen molar-refractivity contribution < 1.29 is 4.74 Å². The Morgan fingerprint density at radius 2 is 2.00 bits per heavy atom. The molecule has 104 valence electrons. The topological polar surface area (TPSA) is 42.1 Å². The van der Waals surface area contributed by atoms with Crippen molar-refractivity contribution in [3.05, 3.63) is 51.4 Å². The number of hydrogen-bond acceptors (Lipinski definition) is 4. The fourth-order valence-electron chi connectivity index (χ4n) is 2.66. The van der Waals surface area contributed by atoms with Gasteiger partial charge in [-0.25, -0.2) is 0 Å². The second-order valence-corrected chi connectivity index (χ2v) is 6.52. The number of hydrogen-bond donors (Lipinski definition) is 1. The second-order valence-electron chi connectivity index (χ2n) is 4.66. The van der Waals surface area contributed by atoms with E-state index in [0.717, 1.165) is 37.2 Å². The summed E-state index contributed by atoms with van der Waals surface area (Å²) in [6.45, 7) is 0. The fourth-order valence-corrected chi connectivity index (χ4v) is 4.24. The number of nitrogens with one attached hydrogen (secondary N) is 1. The summed E-state index contributed by atoms with van der Waals surface area (Å²) in [5, 5.41) is 6.04. The smallest absolute Gasteiger partial charge is 0.266 e. The van der Waals surface area contributed by atoms with E-state index in [1.807, 2.05) is 35.0 Å². The van der Waals surface area contributed by atoms with Gasteiger partial charge in [-0.15, -0.1) is 22.7 Å². The SMILES string of the molecule is COc1ccc2[nH]c(=O)c3sccc3c2c1-c1cccs1. The number of rotatable bonds is 2. The van der Waals surface area contributed by atoms with E-state index in [1.165, 1.54) is 11.3 Å². The molecule has 4 rings (SSSR count). The molecule has 3 aromatic heterocycles. The van der Waals surface area contributed by atoms with Crippen LogP contribution in [-0.2, 0) is 0 Å². The zero-order valence-electron chi connectivity index (χ0n) is 11.2. The van der Waals surface area contributed by atoms with Gasteiger partial charge in [-0.05, 0) is 35.0 Å². The van der Waals surface area contributed by atoms with Gasteiger partial charge in [0.1, 0.15) is 10.4 Å². The molecule has 0 radical (unpaired) electrons. The summed E-state index contributed by atoms with van der Waals surface area (Å²) < 4.78 is 6.31. The second kappa shape index (κ2) is 4.72. The standard InChI is InChI=1S/C16H11NO2S2/c1-19-11-5-4-10-13(14(11)12-3-2-7-20-12)9-6-8-21-15(9)16(18)17-10/h2-8H,1H3,(H,17,18). The van der Waals surface area contributed by atoms with Crippen molar-refractivity contribution in [3.8, 4) is 16.2 Å². The van der Waals surface area contributed by atoms with Crippen molar-refractivity contribution in [1.29, 1.82) is 0 Å². The van der Waals surface area contributed by atoms with Gasteiger partial charge in [-0.3, -0.25) is 4.79 Å². The highest BCUT2D eigenvalue weighted by molar-refractivity contribution is 7.17. The average Bonchev–Trinajstić information content (AvgIpc) is 3.17. The van der Waals surface area contributed by atoms with Gasteiger partial charge in [0.2, 0.25) is 0 Å². The van der Waals surface area contributed by atoms with E-state index in [-0.39, 0.29) is 5.56 Å². The van der Waals surface area contributed by atoms with Crippen LogP contribution < -0.4 is 10.3 Å². The summed E-state index contributed by atoms with van der Waals surface area (Å²) in [6, 6.07) is 9.92. The van der Waals surface area contributed by atoms with Crippen LogP contribution in [0.4, 0.5) is 0 Å². The molecular formula is C16H11NO2S2. The maximum Gasteiger partial charge on any atom is 0.266 e. The number of aromatic nitrogens is 1. The van der Waals surface area contributed by atoms with Crippen LogP contribution in [0.1, 0.15) is 0 Å². The largest absolute Gasteiger partial charge is 0.496 e. The molecule has 21 heavy (non-hydrogen) atoms. The Balaban J connectivity index is 2.28. The van der Waals surface area contributed by atoms with Crippen LogP contribution in [0.3, 0.4) is 0 Å². The fraction of sp³-hybridized carbons (Fsp3) is 0.0625. The number of thiophene rings is 2. The number of aromatic amines is 1. The lowest BCUT2D eigenvalue weighted by molar-refractivity contribution is 0.417. The maximum atomic E-state index is 12.1. The first-order chi connectivity index (χ1) is 10.3. The lowest BCUT2D eigenvalue weighted by Crippen LogP contribution is -2.04. The third-order valence-electron chi connectivity index (χ3n) is 3.54. The van der Waals surface area contributed by atoms with Gasteiger partial charge in [-0.1, -0.05) is 6.07 Å². The molecular weight excluding hydrogens is 302 g/mol. The normalized spacial score (nSPS) is 11.3. The molecule has 3 nitrogen and oxygen atoms in total. The van der Waals surface area contributed by atoms with E-state index in [9.17, 15) is 4.79 Å². The Bertz CT molecular complexity index is 996. The summed E-state index contributed by atoms with van der Waals surface area (Å²) in [4.78, 5) is 16.2. The summed E-state index contributed by atoms with van der Waals surface area (Å²) in [5.41, 5.74) is 1.86. The lowest BCUT2D eigenvalue weighted by Gasteiger charge is -2.11. The zero-order valence-corrected chi connectivity index (χ0v) is 12.8. The highest BCUT2D eigenvalue weighted by Crippen LogP contribution is 2.41. The molecule has 0 saturated heterocycles. The van der Waals surface area contributed by atoms with Crippen molar-refractivity contribution in [2.75, 3.05) is 7.11 Å². The monoisotopic (exact) mass is 313 g/mol. The molecule has 0 unspecified atom stereocenters. The minimum Gasteiger partial charge on any atom is -0.496 e. The third-order valence-corrected chi connectivity index (χ3v) is 5.34. The molecule has 4 aromatic rings. The molecule has 0 atom stereocenters. The molecule has 0 saturated carbocycles. The Morgan fingerprint density at radius 1 is 1.10 bits per heavy atom. The summed E-state index contributed by atoms with van der Waals surface area (Å²) >= 11 is 3.13. The van der Waals surface area contributed by atoms with E-state index < -0.39 is 0 Å². The van der Waals surface area contributed by atoms with Crippen LogP contribution in [0.25, 0.3) is 31.4 Å². The van der Waals surface area contributed by atoms with Crippen LogP contribution >= 0.6 is 22.7 Å². The highest BCUT2D eigenvalue weighted by atomic mass is 32.1. The number of pyridine rings is 1. The molecule has 3 heterocycles. The highest BCUT2D eigenvalue weighted by Gasteiger charge is 2.16. The average molecular weight is 313 g/mol. The van der Waals surface area contributed by atoms with Crippen LogP contribution in [0.5, 0.6) is 5.75 Å². The molecule has 0 bridgehead atoms. The molecule has 1 N–H and O–H groups in total.